The van der Waals surface area contributed by atoms with Gasteiger partial charge in [0.25, 0.3) is 0 Å². The highest BCUT2D eigenvalue weighted by Gasteiger charge is 2.12. The molecule has 0 saturated heterocycles. The lowest BCUT2D eigenvalue weighted by Gasteiger charge is -2.18. The van der Waals surface area contributed by atoms with Gasteiger partial charge in [0.2, 0.25) is 0 Å². The molecule has 0 spiro atoms. The fourth-order valence-electron chi connectivity index (χ4n) is 1.79. The molecule has 0 atom stereocenters. The van der Waals surface area contributed by atoms with Gasteiger partial charge in [-0.3, -0.25) is 4.90 Å². The number of nitrogens with one attached hydrogen (secondary N) is 1. The van der Waals surface area contributed by atoms with Crippen LogP contribution in [-0.4, -0.2) is 18.1 Å². The molecule has 2 aromatic rings. The molecule has 4 heteroatoms. The first-order chi connectivity index (χ1) is 8.85. The van der Waals surface area contributed by atoms with Crippen molar-refractivity contribution in [3.8, 4) is 0 Å². The standard InChI is InChI=1S/C14H19N3O/c1-3-15-10-12-11-18-14(16-12)17(4-2)13-8-6-5-7-9-13/h5-9,11,15H,3-4,10H2,1-2H3. The third kappa shape index (κ3) is 2.90. The minimum absolute atomic E-state index is 0.650. The molecule has 0 radical (unpaired) electrons. The van der Waals surface area contributed by atoms with Crippen LogP contribution in [0.4, 0.5) is 11.7 Å². The molecule has 0 aliphatic rings. The number of oxazole rings is 1. The number of aromatic nitrogens is 1. The van der Waals surface area contributed by atoms with Crippen LogP contribution in [0.3, 0.4) is 0 Å². The Morgan fingerprint density at radius 1 is 1.22 bits per heavy atom. The minimum Gasteiger partial charge on any atom is -0.431 e. The molecule has 0 amide bonds. The molecule has 1 heterocycles. The van der Waals surface area contributed by atoms with Crippen molar-refractivity contribution in [3.05, 3.63) is 42.3 Å². The van der Waals surface area contributed by atoms with E-state index in [0.29, 0.717) is 6.01 Å². The predicted molar refractivity (Wildman–Crippen MR) is 73.0 cm³/mol. The van der Waals surface area contributed by atoms with E-state index in [-0.39, 0.29) is 0 Å². The second-order valence-electron chi connectivity index (χ2n) is 3.98. The van der Waals surface area contributed by atoms with Crippen molar-refractivity contribution in [1.29, 1.82) is 0 Å². The first-order valence-corrected chi connectivity index (χ1v) is 6.32. The van der Waals surface area contributed by atoms with Crippen LogP contribution < -0.4 is 10.2 Å². The van der Waals surface area contributed by atoms with Gasteiger partial charge in [-0.2, -0.15) is 4.98 Å². The number of hydrogen-bond donors (Lipinski definition) is 1. The van der Waals surface area contributed by atoms with Crippen molar-refractivity contribution in [1.82, 2.24) is 10.3 Å². The van der Waals surface area contributed by atoms with Crippen LogP contribution >= 0.6 is 0 Å². The Bertz CT molecular complexity index is 467. The number of nitrogens with zero attached hydrogens (tertiary/aromatic N) is 2. The molecule has 96 valence electrons. The van der Waals surface area contributed by atoms with E-state index in [1.54, 1.807) is 6.26 Å². The molecule has 1 N–H and O–H groups in total. The number of anilines is 2. The van der Waals surface area contributed by atoms with Crippen molar-refractivity contribution >= 4 is 11.7 Å². The van der Waals surface area contributed by atoms with E-state index in [0.717, 1.165) is 31.0 Å². The molecular weight excluding hydrogens is 226 g/mol. The van der Waals surface area contributed by atoms with Crippen LogP contribution in [0.1, 0.15) is 19.5 Å². The molecule has 0 unspecified atom stereocenters. The number of para-hydroxylation sites is 1. The molecule has 1 aromatic carbocycles. The number of hydrogen-bond acceptors (Lipinski definition) is 4. The van der Waals surface area contributed by atoms with Crippen molar-refractivity contribution in [2.24, 2.45) is 0 Å². The first kappa shape index (κ1) is 12.6. The van der Waals surface area contributed by atoms with Gasteiger partial charge in [0, 0.05) is 18.8 Å². The summed E-state index contributed by atoms with van der Waals surface area (Å²) in [7, 11) is 0. The maximum absolute atomic E-state index is 5.54. The summed E-state index contributed by atoms with van der Waals surface area (Å²) in [4.78, 5) is 6.54. The van der Waals surface area contributed by atoms with Crippen molar-refractivity contribution in [2.45, 2.75) is 20.4 Å². The van der Waals surface area contributed by atoms with Crippen molar-refractivity contribution in [2.75, 3.05) is 18.0 Å². The Balaban J connectivity index is 2.15. The van der Waals surface area contributed by atoms with E-state index >= 15 is 0 Å². The molecule has 0 aliphatic carbocycles. The molecule has 2 rings (SSSR count). The third-order valence-corrected chi connectivity index (χ3v) is 2.71. The molecule has 0 saturated carbocycles. The lowest BCUT2D eigenvalue weighted by atomic mass is 10.3. The Morgan fingerprint density at radius 3 is 2.67 bits per heavy atom. The molecule has 0 aliphatic heterocycles. The maximum Gasteiger partial charge on any atom is 0.302 e. The quantitative estimate of drug-likeness (QED) is 0.849. The van der Waals surface area contributed by atoms with Gasteiger partial charge in [0.1, 0.15) is 6.26 Å². The van der Waals surface area contributed by atoms with Crippen molar-refractivity contribution in [3.63, 3.8) is 0 Å². The number of rotatable bonds is 6. The lowest BCUT2D eigenvalue weighted by molar-refractivity contribution is 0.552. The van der Waals surface area contributed by atoms with Crippen LogP contribution in [0.15, 0.2) is 41.0 Å². The van der Waals surface area contributed by atoms with Gasteiger partial charge in [-0.05, 0) is 25.6 Å². The van der Waals surface area contributed by atoms with E-state index in [2.05, 4.69) is 41.2 Å². The predicted octanol–water partition coefficient (Wildman–Crippen LogP) is 2.94. The van der Waals surface area contributed by atoms with Gasteiger partial charge in [-0.15, -0.1) is 0 Å². The van der Waals surface area contributed by atoms with Crippen LogP contribution in [0.25, 0.3) is 0 Å². The second-order valence-corrected chi connectivity index (χ2v) is 3.98. The van der Waals surface area contributed by atoms with E-state index in [1.165, 1.54) is 0 Å². The molecule has 0 bridgehead atoms. The maximum atomic E-state index is 5.54. The van der Waals surface area contributed by atoms with Gasteiger partial charge in [0.15, 0.2) is 0 Å². The molecule has 4 nitrogen and oxygen atoms in total. The van der Waals surface area contributed by atoms with E-state index in [9.17, 15) is 0 Å². The van der Waals surface area contributed by atoms with Gasteiger partial charge < -0.3 is 9.73 Å². The summed E-state index contributed by atoms with van der Waals surface area (Å²) < 4.78 is 5.54. The fraction of sp³-hybridized carbons (Fsp3) is 0.357. The molecule has 1 aromatic heterocycles. The molecule has 18 heavy (non-hydrogen) atoms. The lowest BCUT2D eigenvalue weighted by Crippen LogP contribution is -2.17. The van der Waals surface area contributed by atoms with Gasteiger partial charge in [-0.25, -0.2) is 0 Å². The van der Waals surface area contributed by atoms with E-state index in [4.69, 9.17) is 4.42 Å². The summed E-state index contributed by atoms with van der Waals surface area (Å²) >= 11 is 0. The van der Waals surface area contributed by atoms with Crippen LogP contribution in [0.5, 0.6) is 0 Å². The summed E-state index contributed by atoms with van der Waals surface area (Å²) in [6.45, 7) is 6.65. The summed E-state index contributed by atoms with van der Waals surface area (Å²) in [6, 6.07) is 10.8. The highest BCUT2D eigenvalue weighted by molar-refractivity contribution is 5.55. The zero-order valence-corrected chi connectivity index (χ0v) is 10.9. The topological polar surface area (TPSA) is 41.3 Å². The van der Waals surface area contributed by atoms with Crippen molar-refractivity contribution < 1.29 is 4.42 Å². The summed E-state index contributed by atoms with van der Waals surface area (Å²) in [5, 5.41) is 3.23. The van der Waals surface area contributed by atoms with Crippen LogP contribution in [-0.2, 0) is 6.54 Å². The third-order valence-electron chi connectivity index (χ3n) is 2.71. The molecule has 0 fully saturated rings. The minimum atomic E-state index is 0.650. The van der Waals surface area contributed by atoms with Gasteiger partial charge in [-0.1, -0.05) is 25.1 Å². The normalized spacial score (nSPS) is 10.6. The average Bonchev–Trinajstić information content (AvgIpc) is 2.87. The summed E-state index contributed by atoms with van der Waals surface area (Å²) in [6.07, 6.45) is 1.71. The largest absolute Gasteiger partial charge is 0.431 e. The van der Waals surface area contributed by atoms with Crippen LogP contribution in [0, 0.1) is 0 Å². The second kappa shape index (κ2) is 6.21. The highest BCUT2D eigenvalue weighted by atomic mass is 16.4. The zero-order chi connectivity index (χ0) is 12.8. The number of benzene rings is 1. The molecular formula is C14H19N3O. The zero-order valence-electron chi connectivity index (χ0n) is 10.9. The Labute approximate surface area is 108 Å². The summed E-state index contributed by atoms with van der Waals surface area (Å²) in [5.74, 6) is 0. The van der Waals surface area contributed by atoms with E-state index < -0.39 is 0 Å². The van der Waals surface area contributed by atoms with Gasteiger partial charge >= 0.3 is 6.01 Å². The monoisotopic (exact) mass is 245 g/mol. The SMILES string of the molecule is CCNCc1coc(N(CC)c2ccccc2)n1. The average molecular weight is 245 g/mol. The Morgan fingerprint density at radius 2 is 2.00 bits per heavy atom. The summed E-state index contributed by atoms with van der Waals surface area (Å²) in [5.41, 5.74) is 2.03. The Hall–Kier alpha value is -1.81. The van der Waals surface area contributed by atoms with Crippen LogP contribution in [0.2, 0.25) is 0 Å². The van der Waals surface area contributed by atoms with Gasteiger partial charge in [0.05, 0.1) is 5.69 Å². The van der Waals surface area contributed by atoms with E-state index in [1.807, 2.05) is 18.2 Å². The first-order valence-electron chi connectivity index (χ1n) is 6.32. The Kier molecular flexibility index (Phi) is 4.36. The smallest absolute Gasteiger partial charge is 0.302 e. The highest BCUT2D eigenvalue weighted by Crippen LogP contribution is 2.23. The fourth-order valence-corrected chi connectivity index (χ4v) is 1.79.